The quantitative estimate of drug-likeness (QED) is 0.447. The fraction of sp³-hybridized carbons (Fsp3) is 0.391. The fourth-order valence-electron chi connectivity index (χ4n) is 3.01. The molecule has 7 heteroatoms. The van der Waals surface area contributed by atoms with Crippen LogP contribution in [0, 0.1) is 0 Å². The SMILES string of the molecule is CCC(C(=O)NC(C)C)N(Cc1ccc(Cl)cc1)C(=O)CSCc1ccc(Br)cc1. The van der Waals surface area contributed by atoms with Crippen molar-refractivity contribution in [2.75, 3.05) is 5.75 Å². The van der Waals surface area contributed by atoms with Crippen molar-refractivity contribution in [3.8, 4) is 0 Å². The second kappa shape index (κ2) is 12.4. The first kappa shape index (κ1) is 24.8. The van der Waals surface area contributed by atoms with Gasteiger partial charge in [0.15, 0.2) is 0 Å². The molecule has 0 spiro atoms. The minimum Gasteiger partial charge on any atom is -0.352 e. The second-order valence-electron chi connectivity index (χ2n) is 7.35. The van der Waals surface area contributed by atoms with Crippen molar-refractivity contribution in [3.05, 3.63) is 69.2 Å². The molecule has 0 aliphatic carbocycles. The summed E-state index contributed by atoms with van der Waals surface area (Å²) in [6.45, 7) is 6.15. The van der Waals surface area contributed by atoms with Gasteiger partial charge in [0, 0.05) is 27.8 Å². The number of nitrogens with one attached hydrogen (secondary N) is 1. The van der Waals surface area contributed by atoms with Crippen LogP contribution in [0.4, 0.5) is 0 Å². The first-order valence-corrected chi connectivity index (χ1v) is 12.3. The van der Waals surface area contributed by atoms with E-state index in [1.807, 2.05) is 57.2 Å². The molecule has 2 amide bonds. The van der Waals surface area contributed by atoms with Gasteiger partial charge in [-0.1, -0.05) is 58.7 Å². The Labute approximate surface area is 196 Å². The predicted molar refractivity (Wildman–Crippen MR) is 130 cm³/mol. The molecule has 2 aromatic carbocycles. The molecule has 162 valence electrons. The van der Waals surface area contributed by atoms with Crippen LogP contribution >= 0.6 is 39.3 Å². The number of hydrogen-bond donors (Lipinski definition) is 1. The van der Waals surface area contributed by atoms with Gasteiger partial charge in [-0.05, 0) is 55.7 Å². The number of halogens is 2. The van der Waals surface area contributed by atoms with Gasteiger partial charge in [-0.15, -0.1) is 11.8 Å². The van der Waals surface area contributed by atoms with Crippen LogP contribution in [0.5, 0.6) is 0 Å². The molecule has 0 bridgehead atoms. The van der Waals surface area contributed by atoms with Crippen molar-refractivity contribution < 1.29 is 9.59 Å². The van der Waals surface area contributed by atoms with Crippen molar-refractivity contribution in [1.82, 2.24) is 10.2 Å². The lowest BCUT2D eigenvalue weighted by Gasteiger charge is -2.31. The van der Waals surface area contributed by atoms with E-state index in [-0.39, 0.29) is 17.9 Å². The molecule has 2 rings (SSSR count). The molecular formula is C23H28BrClN2O2S. The predicted octanol–water partition coefficient (Wildman–Crippen LogP) is 5.67. The maximum atomic E-state index is 13.1. The highest BCUT2D eigenvalue weighted by Gasteiger charge is 2.28. The number of nitrogens with zero attached hydrogens (tertiary/aromatic N) is 1. The number of thioether (sulfide) groups is 1. The summed E-state index contributed by atoms with van der Waals surface area (Å²) in [7, 11) is 0. The zero-order valence-corrected chi connectivity index (χ0v) is 20.7. The van der Waals surface area contributed by atoms with Crippen LogP contribution in [0.1, 0.15) is 38.3 Å². The van der Waals surface area contributed by atoms with Crippen LogP contribution in [0.25, 0.3) is 0 Å². The largest absolute Gasteiger partial charge is 0.352 e. The van der Waals surface area contributed by atoms with E-state index in [1.54, 1.807) is 28.8 Å². The van der Waals surface area contributed by atoms with Crippen molar-refractivity contribution >= 4 is 51.1 Å². The van der Waals surface area contributed by atoms with Gasteiger partial charge in [-0.3, -0.25) is 9.59 Å². The molecule has 0 aromatic heterocycles. The Morgan fingerprint density at radius 2 is 1.67 bits per heavy atom. The monoisotopic (exact) mass is 510 g/mol. The van der Waals surface area contributed by atoms with E-state index in [1.165, 1.54) is 0 Å². The number of amides is 2. The number of carbonyl (C=O) groups is 2. The van der Waals surface area contributed by atoms with Gasteiger partial charge in [0.05, 0.1) is 5.75 Å². The van der Waals surface area contributed by atoms with E-state index < -0.39 is 6.04 Å². The standard InChI is InChI=1S/C23H28BrClN2O2S/c1-4-21(23(29)26-16(2)3)27(13-17-7-11-20(25)12-8-17)22(28)15-30-14-18-5-9-19(24)10-6-18/h5-12,16,21H,4,13-15H2,1-3H3,(H,26,29). The number of rotatable bonds is 10. The normalized spacial score (nSPS) is 11.9. The Morgan fingerprint density at radius 1 is 1.07 bits per heavy atom. The number of carbonyl (C=O) groups excluding carboxylic acids is 2. The van der Waals surface area contributed by atoms with E-state index in [0.717, 1.165) is 21.4 Å². The van der Waals surface area contributed by atoms with Crippen LogP contribution in [0.2, 0.25) is 5.02 Å². The molecule has 4 nitrogen and oxygen atoms in total. The third-order valence-corrected chi connectivity index (χ3v) is 6.26. The van der Waals surface area contributed by atoms with Gasteiger partial charge in [0.1, 0.15) is 6.04 Å². The highest BCUT2D eigenvalue weighted by molar-refractivity contribution is 9.10. The van der Waals surface area contributed by atoms with E-state index in [9.17, 15) is 9.59 Å². The van der Waals surface area contributed by atoms with Crippen LogP contribution in [-0.4, -0.2) is 34.6 Å². The molecular weight excluding hydrogens is 484 g/mol. The van der Waals surface area contributed by atoms with Crippen LogP contribution in [0.15, 0.2) is 53.0 Å². The average Bonchev–Trinajstić information content (AvgIpc) is 2.70. The van der Waals surface area contributed by atoms with Crippen LogP contribution in [0.3, 0.4) is 0 Å². The van der Waals surface area contributed by atoms with Crippen molar-refractivity contribution in [2.24, 2.45) is 0 Å². The number of benzene rings is 2. The van der Waals surface area contributed by atoms with E-state index in [0.29, 0.717) is 23.7 Å². The Kier molecular flexibility index (Phi) is 10.2. The van der Waals surface area contributed by atoms with Gasteiger partial charge in [-0.2, -0.15) is 0 Å². The van der Waals surface area contributed by atoms with E-state index in [2.05, 4.69) is 21.2 Å². The summed E-state index contributed by atoms with van der Waals surface area (Å²) >= 11 is 11.0. The minimum atomic E-state index is -0.510. The smallest absolute Gasteiger partial charge is 0.243 e. The van der Waals surface area contributed by atoms with Crippen molar-refractivity contribution in [1.29, 1.82) is 0 Å². The summed E-state index contributed by atoms with van der Waals surface area (Å²) in [4.78, 5) is 27.6. The third-order valence-electron chi connectivity index (χ3n) is 4.49. The summed E-state index contributed by atoms with van der Waals surface area (Å²) in [5.74, 6) is 0.892. The Bertz CT molecular complexity index is 828. The first-order chi connectivity index (χ1) is 14.3. The maximum absolute atomic E-state index is 13.1. The highest BCUT2D eigenvalue weighted by atomic mass is 79.9. The van der Waals surface area contributed by atoms with E-state index in [4.69, 9.17) is 11.6 Å². The van der Waals surface area contributed by atoms with E-state index >= 15 is 0 Å². The van der Waals surface area contributed by atoms with Gasteiger partial charge in [0.25, 0.3) is 0 Å². The topological polar surface area (TPSA) is 49.4 Å². The second-order valence-corrected chi connectivity index (χ2v) is 9.69. The summed E-state index contributed by atoms with van der Waals surface area (Å²) in [5, 5.41) is 3.59. The zero-order chi connectivity index (χ0) is 22.1. The van der Waals surface area contributed by atoms with Gasteiger partial charge >= 0.3 is 0 Å². The molecule has 0 saturated heterocycles. The lowest BCUT2D eigenvalue weighted by molar-refractivity contribution is -0.139. The summed E-state index contributed by atoms with van der Waals surface area (Å²) < 4.78 is 1.03. The van der Waals surface area contributed by atoms with Crippen molar-refractivity contribution in [3.63, 3.8) is 0 Å². The number of hydrogen-bond acceptors (Lipinski definition) is 3. The third kappa shape index (κ3) is 7.97. The molecule has 0 aliphatic rings. The molecule has 0 fully saturated rings. The molecule has 0 heterocycles. The summed E-state index contributed by atoms with van der Waals surface area (Å²) in [5.41, 5.74) is 2.10. The Balaban J connectivity index is 2.11. The lowest BCUT2D eigenvalue weighted by atomic mass is 10.1. The highest BCUT2D eigenvalue weighted by Crippen LogP contribution is 2.19. The summed E-state index contributed by atoms with van der Waals surface area (Å²) in [6, 6.07) is 15.0. The minimum absolute atomic E-state index is 0.0193. The average molecular weight is 512 g/mol. The molecule has 0 saturated carbocycles. The molecule has 1 N–H and O–H groups in total. The molecule has 1 atom stereocenters. The van der Waals surface area contributed by atoms with Gasteiger partial charge < -0.3 is 10.2 Å². The van der Waals surface area contributed by atoms with Gasteiger partial charge in [0.2, 0.25) is 11.8 Å². The van der Waals surface area contributed by atoms with Gasteiger partial charge in [-0.25, -0.2) is 0 Å². The lowest BCUT2D eigenvalue weighted by Crippen LogP contribution is -2.50. The Morgan fingerprint density at radius 3 is 2.23 bits per heavy atom. The molecule has 0 radical (unpaired) electrons. The zero-order valence-electron chi connectivity index (χ0n) is 17.5. The van der Waals surface area contributed by atoms with Crippen molar-refractivity contribution in [2.45, 2.75) is 51.6 Å². The molecule has 1 unspecified atom stereocenters. The molecule has 0 aliphatic heterocycles. The van der Waals surface area contributed by atoms with Crippen LogP contribution < -0.4 is 5.32 Å². The molecule has 30 heavy (non-hydrogen) atoms. The molecule has 2 aromatic rings. The summed E-state index contributed by atoms with van der Waals surface area (Å²) in [6.07, 6.45) is 0.551. The Hall–Kier alpha value is -1.50. The maximum Gasteiger partial charge on any atom is 0.243 e. The first-order valence-electron chi connectivity index (χ1n) is 9.96. The fourth-order valence-corrected chi connectivity index (χ4v) is 4.27. The van der Waals surface area contributed by atoms with Crippen LogP contribution in [-0.2, 0) is 21.9 Å².